The molecule has 0 fully saturated rings. The number of aromatic nitrogens is 1. The van der Waals surface area contributed by atoms with Gasteiger partial charge in [-0.25, -0.2) is 4.98 Å². The van der Waals surface area contributed by atoms with Gasteiger partial charge in [0.2, 0.25) is 0 Å². The second-order valence-electron chi connectivity index (χ2n) is 6.91. The van der Waals surface area contributed by atoms with Crippen LogP contribution in [0.2, 0.25) is 0 Å². The van der Waals surface area contributed by atoms with Crippen molar-refractivity contribution >= 4 is 38.3 Å². The van der Waals surface area contributed by atoms with Crippen LogP contribution in [-0.2, 0) is 6.54 Å². The Kier molecular flexibility index (Phi) is 5.64. The zero-order valence-corrected chi connectivity index (χ0v) is 17.8. The molecule has 8 heteroatoms. The molecule has 0 bridgehead atoms. The van der Waals surface area contributed by atoms with E-state index in [0.717, 1.165) is 15.8 Å². The van der Waals surface area contributed by atoms with Crippen LogP contribution < -0.4 is 9.64 Å². The maximum Gasteiger partial charge on any atom is 0.273 e. The van der Waals surface area contributed by atoms with Crippen molar-refractivity contribution in [2.45, 2.75) is 13.5 Å². The number of nitro groups is 1. The van der Waals surface area contributed by atoms with E-state index in [2.05, 4.69) is 4.98 Å². The number of carbonyl (C=O) groups is 1. The van der Waals surface area contributed by atoms with Crippen LogP contribution in [0.15, 0.2) is 66.7 Å². The number of methoxy groups -OCH3 is 1. The fourth-order valence-corrected chi connectivity index (χ4v) is 4.32. The lowest BCUT2D eigenvalue weighted by atomic mass is 10.1. The molecule has 0 N–H and O–H groups in total. The molecule has 4 rings (SSSR count). The van der Waals surface area contributed by atoms with Gasteiger partial charge in [0.25, 0.3) is 11.6 Å². The minimum atomic E-state index is -0.475. The van der Waals surface area contributed by atoms with Gasteiger partial charge < -0.3 is 4.74 Å². The van der Waals surface area contributed by atoms with Crippen molar-refractivity contribution in [3.8, 4) is 5.75 Å². The third-order valence-corrected chi connectivity index (χ3v) is 6.02. The second-order valence-corrected chi connectivity index (χ2v) is 7.92. The summed E-state index contributed by atoms with van der Waals surface area (Å²) >= 11 is 1.37. The van der Waals surface area contributed by atoms with E-state index in [-0.39, 0.29) is 17.2 Å². The Hall–Kier alpha value is -3.78. The third kappa shape index (κ3) is 4.10. The maximum atomic E-state index is 13.6. The number of carbonyl (C=O) groups excluding carboxylic acids is 1. The number of anilines is 1. The number of thiazole rings is 1. The smallest absolute Gasteiger partial charge is 0.273 e. The molecule has 31 heavy (non-hydrogen) atoms. The second kappa shape index (κ2) is 8.53. The molecule has 3 aromatic carbocycles. The normalized spacial score (nSPS) is 10.8. The zero-order valence-electron chi connectivity index (χ0n) is 16.9. The highest BCUT2D eigenvalue weighted by Gasteiger charge is 2.26. The molecule has 7 nitrogen and oxygen atoms in total. The first-order valence-corrected chi connectivity index (χ1v) is 10.3. The van der Waals surface area contributed by atoms with Gasteiger partial charge in [0, 0.05) is 17.2 Å². The molecular weight excluding hydrogens is 414 g/mol. The van der Waals surface area contributed by atoms with Gasteiger partial charge in [-0.15, -0.1) is 0 Å². The van der Waals surface area contributed by atoms with Gasteiger partial charge in [-0.05, 0) is 36.8 Å². The Morgan fingerprint density at radius 3 is 2.61 bits per heavy atom. The van der Waals surface area contributed by atoms with Crippen LogP contribution in [-0.4, -0.2) is 22.9 Å². The molecule has 0 unspecified atom stereocenters. The highest BCUT2D eigenvalue weighted by molar-refractivity contribution is 7.22. The molecule has 1 aromatic heterocycles. The minimum Gasteiger partial charge on any atom is -0.497 e. The maximum absolute atomic E-state index is 13.6. The van der Waals surface area contributed by atoms with Crippen LogP contribution >= 0.6 is 11.3 Å². The average molecular weight is 433 g/mol. The molecule has 0 radical (unpaired) electrons. The molecule has 0 saturated heterocycles. The topological polar surface area (TPSA) is 85.6 Å². The van der Waals surface area contributed by atoms with E-state index in [0.29, 0.717) is 23.0 Å². The summed E-state index contributed by atoms with van der Waals surface area (Å²) in [5.41, 5.74) is 2.21. The molecule has 0 aliphatic rings. The van der Waals surface area contributed by atoms with Gasteiger partial charge in [-0.2, -0.15) is 0 Å². The molecule has 156 valence electrons. The van der Waals surface area contributed by atoms with Crippen molar-refractivity contribution in [1.82, 2.24) is 4.98 Å². The highest BCUT2D eigenvalue weighted by Crippen LogP contribution is 2.34. The van der Waals surface area contributed by atoms with Crippen LogP contribution in [0.5, 0.6) is 5.75 Å². The number of fused-ring (bicyclic) bond motifs is 1. The molecule has 0 saturated carbocycles. The van der Waals surface area contributed by atoms with Gasteiger partial charge in [-0.1, -0.05) is 47.7 Å². The molecule has 4 aromatic rings. The number of ether oxygens (including phenoxy) is 1. The lowest BCUT2D eigenvalue weighted by Gasteiger charge is -2.21. The van der Waals surface area contributed by atoms with E-state index in [1.807, 2.05) is 48.5 Å². The SMILES string of the molecule is COc1ccc2nc(N(Cc3ccccc3)C(=O)c3cccc([N+](=O)[O-])c3C)sc2c1. The third-order valence-electron chi connectivity index (χ3n) is 4.98. The summed E-state index contributed by atoms with van der Waals surface area (Å²) in [4.78, 5) is 30.7. The summed E-state index contributed by atoms with van der Waals surface area (Å²) in [7, 11) is 1.60. The monoisotopic (exact) mass is 433 g/mol. The van der Waals surface area contributed by atoms with E-state index in [1.165, 1.54) is 23.5 Å². The van der Waals surface area contributed by atoms with E-state index in [4.69, 9.17) is 4.74 Å². The Labute approximate surface area is 182 Å². The first kappa shape index (κ1) is 20.5. The van der Waals surface area contributed by atoms with Crippen molar-refractivity contribution in [2.24, 2.45) is 0 Å². The summed E-state index contributed by atoms with van der Waals surface area (Å²) in [6.45, 7) is 1.88. The van der Waals surface area contributed by atoms with Crippen molar-refractivity contribution in [2.75, 3.05) is 12.0 Å². The van der Waals surface area contributed by atoms with Crippen LogP contribution in [0.25, 0.3) is 10.2 Å². The number of nitrogens with zero attached hydrogens (tertiary/aromatic N) is 3. The first-order valence-electron chi connectivity index (χ1n) is 9.52. The van der Waals surface area contributed by atoms with E-state index >= 15 is 0 Å². The Balaban J connectivity index is 1.81. The average Bonchev–Trinajstić information content (AvgIpc) is 3.20. The molecule has 0 atom stereocenters. The molecule has 0 aliphatic heterocycles. The largest absolute Gasteiger partial charge is 0.497 e. The number of nitro benzene ring substituents is 1. The molecule has 0 aliphatic carbocycles. The molecular formula is C23H19N3O4S. The van der Waals surface area contributed by atoms with E-state index in [1.54, 1.807) is 25.0 Å². The van der Waals surface area contributed by atoms with Gasteiger partial charge in [-0.3, -0.25) is 19.8 Å². The standard InChI is InChI=1S/C23H19N3O4S/c1-15-18(9-6-10-20(15)26(28)29)22(27)25(14-16-7-4-3-5-8-16)23-24-19-12-11-17(30-2)13-21(19)31-23/h3-13H,14H2,1-2H3. The molecule has 1 heterocycles. The molecule has 0 spiro atoms. The number of rotatable bonds is 6. The van der Waals surface area contributed by atoms with Crippen LogP contribution in [0, 0.1) is 17.0 Å². The summed E-state index contributed by atoms with van der Waals surface area (Å²) in [5, 5.41) is 11.9. The fraction of sp³-hybridized carbons (Fsp3) is 0.130. The van der Waals surface area contributed by atoms with Crippen LogP contribution in [0.3, 0.4) is 0 Å². The van der Waals surface area contributed by atoms with Gasteiger partial charge in [0.15, 0.2) is 5.13 Å². The number of amides is 1. The van der Waals surface area contributed by atoms with Crippen molar-refractivity contribution in [3.63, 3.8) is 0 Å². The van der Waals surface area contributed by atoms with Crippen LogP contribution in [0.1, 0.15) is 21.5 Å². The lowest BCUT2D eigenvalue weighted by molar-refractivity contribution is -0.385. The Morgan fingerprint density at radius 1 is 1.13 bits per heavy atom. The fourth-order valence-electron chi connectivity index (χ4n) is 3.33. The Morgan fingerprint density at radius 2 is 1.90 bits per heavy atom. The summed E-state index contributed by atoms with van der Waals surface area (Å²) in [6.07, 6.45) is 0. The van der Waals surface area contributed by atoms with E-state index in [9.17, 15) is 14.9 Å². The van der Waals surface area contributed by atoms with E-state index < -0.39 is 4.92 Å². The van der Waals surface area contributed by atoms with Crippen LogP contribution in [0.4, 0.5) is 10.8 Å². The van der Waals surface area contributed by atoms with Crippen molar-refractivity contribution < 1.29 is 14.5 Å². The summed E-state index contributed by atoms with van der Waals surface area (Å²) in [6, 6.07) is 19.6. The number of benzene rings is 3. The summed E-state index contributed by atoms with van der Waals surface area (Å²) in [5.74, 6) is 0.370. The quantitative estimate of drug-likeness (QED) is 0.301. The minimum absolute atomic E-state index is 0.0838. The number of hydrogen-bond acceptors (Lipinski definition) is 6. The number of hydrogen-bond donors (Lipinski definition) is 0. The highest BCUT2D eigenvalue weighted by atomic mass is 32.1. The lowest BCUT2D eigenvalue weighted by Crippen LogP contribution is -2.31. The first-order chi connectivity index (χ1) is 15.0. The predicted molar refractivity (Wildman–Crippen MR) is 121 cm³/mol. The van der Waals surface area contributed by atoms with Gasteiger partial charge in [0.05, 0.1) is 28.8 Å². The summed E-state index contributed by atoms with van der Waals surface area (Å²) < 4.78 is 6.18. The van der Waals surface area contributed by atoms with Gasteiger partial charge in [0.1, 0.15) is 5.75 Å². The van der Waals surface area contributed by atoms with Crippen molar-refractivity contribution in [1.29, 1.82) is 0 Å². The van der Waals surface area contributed by atoms with Gasteiger partial charge >= 0.3 is 0 Å². The predicted octanol–water partition coefficient (Wildman–Crippen LogP) is 5.37. The zero-order chi connectivity index (χ0) is 22.0. The molecule has 1 amide bonds. The Bertz CT molecular complexity index is 1270. The van der Waals surface area contributed by atoms with Crippen molar-refractivity contribution in [3.05, 3.63) is 93.5 Å².